The molecule has 0 aliphatic rings. The second-order valence-corrected chi connectivity index (χ2v) is 4.78. The van der Waals surface area contributed by atoms with E-state index in [1.165, 1.54) is 0 Å². The molecule has 72 valence electrons. The highest BCUT2D eigenvalue weighted by atomic mass is 79.9. The molecule has 0 amide bonds. The average Bonchev–Trinajstić information content (AvgIpc) is 2.10. The quantitative estimate of drug-likeness (QED) is 0.670. The van der Waals surface area contributed by atoms with E-state index in [-0.39, 0.29) is 0 Å². The highest BCUT2D eigenvalue weighted by Gasteiger charge is 2.09. The molecule has 1 nitrogen and oxygen atoms in total. The maximum Gasteiger partial charge on any atom is 0.0747 e. The summed E-state index contributed by atoms with van der Waals surface area (Å²) in [6.45, 7) is 0. The Kier molecular flexibility index (Phi) is 2.89. The molecule has 14 heavy (non-hydrogen) atoms. The SMILES string of the molecule is Clc1cc(Cl)c2c(Cl)c(Br)cnc2c1. The van der Waals surface area contributed by atoms with Crippen molar-refractivity contribution in [3.05, 3.63) is 37.9 Å². The van der Waals surface area contributed by atoms with E-state index in [0.29, 0.717) is 26.0 Å². The number of hydrogen-bond acceptors (Lipinski definition) is 1. The van der Waals surface area contributed by atoms with Gasteiger partial charge in [-0.2, -0.15) is 0 Å². The summed E-state index contributed by atoms with van der Waals surface area (Å²) in [6, 6.07) is 3.37. The topological polar surface area (TPSA) is 12.9 Å². The molecule has 0 saturated carbocycles. The number of hydrogen-bond donors (Lipinski definition) is 0. The molecule has 0 bridgehead atoms. The molecular weight excluding hydrogens is 308 g/mol. The van der Waals surface area contributed by atoms with E-state index < -0.39 is 0 Å². The van der Waals surface area contributed by atoms with Crippen molar-refractivity contribution in [2.24, 2.45) is 0 Å². The molecule has 1 heterocycles. The lowest BCUT2D eigenvalue weighted by atomic mass is 10.2. The van der Waals surface area contributed by atoms with E-state index in [9.17, 15) is 0 Å². The van der Waals surface area contributed by atoms with Gasteiger partial charge in [0.15, 0.2) is 0 Å². The number of rotatable bonds is 0. The van der Waals surface area contributed by atoms with Gasteiger partial charge >= 0.3 is 0 Å². The number of nitrogens with zero attached hydrogens (tertiary/aromatic N) is 1. The minimum Gasteiger partial charge on any atom is -0.255 e. The van der Waals surface area contributed by atoms with Crippen LogP contribution in [0.15, 0.2) is 22.8 Å². The number of aromatic nitrogens is 1. The van der Waals surface area contributed by atoms with E-state index >= 15 is 0 Å². The van der Waals surface area contributed by atoms with Gasteiger partial charge in [-0.15, -0.1) is 0 Å². The maximum atomic E-state index is 6.07. The van der Waals surface area contributed by atoms with E-state index in [0.717, 1.165) is 4.47 Å². The van der Waals surface area contributed by atoms with E-state index in [4.69, 9.17) is 34.8 Å². The first-order valence-corrected chi connectivity index (χ1v) is 5.61. The Balaban J connectivity index is 2.95. The molecule has 0 aliphatic carbocycles. The van der Waals surface area contributed by atoms with Crippen molar-refractivity contribution in [1.29, 1.82) is 0 Å². The molecule has 0 fully saturated rings. The summed E-state index contributed by atoms with van der Waals surface area (Å²) < 4.78 is 0.718. The summed E-state index contributed by atoms with van der Waals surface area (Å²) in [6.07, 6.45) is 1.62. The molecule has 0 N–H and O–H groups in total. The summed E-state index contributed by atoms with van der Waals surface area (Å²) in [4.78, 5) is 4.16. The van der Waals surface area contributed by atoms with Crippen molar-refractivity contribution in [3.63, 3.8) is 0 Å². The van der Waals surface area contributed by atoms with Crippen LogP contribution < -0.4 is 0 Å². The van der Waals surface area contributed by atoms with E-state index in [1.54, 1.807) is 18.3 Å². The van der Waals surface area contributed by atoms with Crippen LogP contribution in [0.3, 0.4) is 0 Å². The van der Waals surface area contributed by atoms with Crippen molar-refractivity contribution >= 4 is 61.6 Å². The summed E-state index contributed by atoms with van der Waals surface area (Å²) in [5.74, 6) is 0. The first-order valence-electron chi connectivity index (χ1n) is 3.68. The third-order valence-corrected chi connectivity index (χ3v) is 3.52. The van der Waals surface area contributed by atoms with Crippen LogP contribution in [0.1, 0.15) is 0 Å². The molecule has 0 saturated heterocycles. The highest BCUT2D eigenvalue weighted by molar-refractivity contribution is 9.10. The monoisotopic (exact) mass is 309 g/mol. The molecule has 2 aromatic rings. The van der Waals surface area contributed by atoms with Crippen LogP contribution in [0.4, 0.5) is 0 Å². The summed E-state index contributed by atoms with van der Waals surface area (Å²) in [7, 11) is 0. The number of pyridine rings is 1. The lowest BCUT2D eigenvalue weighted by Gasteiger charge is -2.04. The van der Waals surface area contributed by atoms with Crippen LogP contribution in [-0.2, 0) is 0 Å². The van der Waals surface area contributed by atoms with Gasteiger partial charge in [-0.1, -0.05) is 34.8 Å². The van der Waals surface area contributed by atoms with Crippen molar-refractivity contribution in [1.82, 2.24) is 4.98 Å². The van der Waals surface area contributed by atoms with Gasteiger partial charge in [0.1, 0.15) is 0 Å². The molecule has 2 rings (SSSR count). The molecular formula is C9H3BrCl3N. The molecule has 0 radical (unpaired) electrons. The molecule has 0 spiro atoms. The smallest absolute Gasteiger partial charge is 0.0747 e. The fourth-order valence-corrected chi connectivity index (χ4v) is 2.35. The van der Waals surface area contributed by atoms with Gasteiger partial charge in [0, 0.05) is 16.6 Å². The predicted molar refractivity (Wildman–Crippen MR) is 64.5 cm³/mol. The van der Waals surface area contributed by atoms with Crippen molar-refractivity contribution in [3.8, 4) is 0 Å². The van der Waals surface area contributed by atoms with Gasteiger partial charge in [0.05, 0.1) is 20.0 Å². The number of benzene rings is 1. The Morgan fingerprint density at radius 3 is 2.57 bits per heavy atom. The lowest BCUT2D eigenvalue weighted by Crippen LogP contribution is -1.83. The fourth-order valence-electron chi connectivity index (χ4n) is 1.18. The van der Waals surface area contributed by atoms with Crippen LogP contribution in [0.2, 0.25) is 15.1 Å². The Bertz CT molecular complexity index is 513. The molecule has 0 atom stereocenters. The van der Waals surface area contributed by atoms with Gasteiger partial charge in [0.2, 0.25) is 0 Å². The first-order chi connectivity index (χ1) is 6.59. The summed E-state index contributed by atoms with van der Waals surface area (Å²) in [5, 5.41) is 2.32. The first kappa shape index (κ1) is 10.5. The van der Waals surface area contributed by atoms with Gasteiger partial charge in [-0.3, -0.25) is 4.98 Å². The van der Waals surface area contributed by atoms with Crippen LogP contribution in [-0.4, -0.2) is 4.98 Å². The largest absolute Gasteiger partial charge is 0.255 e. The van der Waals surface area contributed by atoms with Gasteiger partial charge in [-0.05, 0) is 28.1 Å². The van der Waals surface area contributed by atoms with E-state index in [1.807, 2.05) is 0 Å². The molecule has 0 unspecified atom stereocenters. The summed E-state index contributed by atoms with van der Waals surface area (Å²) in [5.41, 5.74) is 0.690. The van der Waals surface area contributed by atoms with Crippen LogP contribution in [0.5, 0.6) is 0 Å². The highest BCUT2D eigenvalue weighted by Crippen LogP contribution is 2.35. The summed E-state index contributed by atoms with van der Waals surface area (Å²) >= 11 is 21.2. The predicted octanol–water partition coefficient (Wildman–Crippen LogP) is 4.96. The van der Waals surface area contributed by atoms with Crippen molar-refractivity contribution < 1.29 is 0 Å². The molecule has 1 aromatic heterocycles. The number of halogens is 4. The zero-order valence-corrected chi connectivity index (χ0v) is 10.5. The molecule has 1 aromatic carbocycles. The van der Waals surface area contributed by atoms with Crippen LogP contribution in [0, 0.1) is 0 Å². The Morgan fingerprint density at radius 2 is 1.86 bits per heavy atom. The maximum absolute atomic E-state index is 6.07. The third-order valence-electron chi connectivity index (χ3n) is 1.78. The van der Waals surface area contributed by atoms with E-state index in [2.05, 4.69) is 20.9 Å². The molecule has 5 heteroatoms. The average molecular weight is 311 g/mol. The third kappa shape index (κ3) is 1.72. The fraction of sp³-hybridized carbons (Fsp3) is 0. The van der Waals surface area contributed by atoms with Crippen LogP contribution in [0.25, 0.3) is 10.9 Å². The second-order valence-electron chi connectivity index (χ2n) is 2.70. The second kappa shape index (κ2) is 3.86. The van der Waals surface area contributed by atoms with Crippen molar-refractivity contribution in [2.45, 2.75) is 0 Å². The normalized spacial score (nSPS) is 10.9. The van der Waals surface area contributed by atoms with Gasteiger partial charge < -0.3 is 0 Å². The number of fused-ring (bicyclic) bond motifs is 1. The van der Waals surface area contributed by atoms with Gasteiger partial charge in [0.25, 0.3) is 0 Å². The Morgan fingerprint density at radius 1 is 1.14 bits per heavy atom. The zero-order chi connectivity index (χ0) is 10.3. The lowest BCUT2D eigenvalue weighted by molar-refractivity contribution is 1.39. The van der Waals surface area contributed by atoms with Crippen LogP contribution >= 0.6 is 50.7 Å². The standard InChI is InChI=1S/C9H3BrCl3N/c10-5-3-14-7-2-4(11)1-6(12)8(7)9(5)13/h1-3H. The Labute approximate surface area is 104 Å². The molecule has 0 aliphatic heterocycles. The Hall–Kier alpha value is -0.0200. The van der Waals surface area contributed by atoms with Gasteiger partial charge in [-0.25, -0.2) is 0 Å². The van der Waals surface area contributed by atoms with Crippen molar-refractivity contribution in [2.75, 3.05) is 0 Å². The minimum absolute atomic E-state index is 0.506. The minimum atomic E-state index is 0.506. The zero-order valence-electron chi connectivity index (χ0n) is 6.69.